The molecule has 0 unspecified atom stereocenters. The van der Waals surface area contributed by atoms with E-state index >= 15 is 0 Å². The molecule has 1 amide bonds. The molecule has 29 heavy (non-hydrogen) atoms. The number of piperidine rings is 1. The minimum Gasteiger partial charge on any atom is -0.356 e. The zero-order chi connectivity index (χ0) is 20.2. The summed E-state index contributed by atoms with van der Waals surface area (Å²) in [4.78, 5) is 31.9. The number of amides is 1. The van der Waals surface area contributed by atoms with Crippen molar-refractivity contribution in [1.29, 1.82) is 0 Å². The maximum absolute atomic E-state index is 12.8. The van der Waals surface area contributed by atoms with Crippen LogP contribution in [-0.4, -0.2) is 28.5 Å². The first-order chi connectivity index (χ1) is 14.1. The second kappa shape index (κ2) is 8.78. The Kier molecular flexibility index (Phi) is 5.94. The fraction of sp³-hybridized carbons (Fsp3) is 0.318. The first-order valence-corrected chi connectivity index (χ1v) is 10.7. The number of aromatic nitrogens is 2. The number of carbonyl (C=O) groups excluding carboxylic acids is 1. The Labute approximate surface area is 177 Å². The molecule has 1 aliphatic rings. The van der Waals surface area contributed by atoms with Crippen LogP contribution in [0.2, 0.25) is 0 Å². The van der Waals surface area contributed by atoms with E-state index in [0.29, 0.717) is 6.54 Å². The molecule has 1 N–H and O–H groups in total. The van der Waals surface area contributed by atoms with E-state index in [1.54, 1.807) is 0 Å². The van der Waals surface area contributed by atoms with Gasteiger partial charge < -0.3 is 10.2 Å². The second-order valence-corrected chi connectivity index (χ2v) is 8.09. The van der Waals surface area contributed by atoms with E-state index in [0.717, 1.165) is 52.7 Å². The third-order valence-corrected chi connectivity index (χ3v) is 6.03. The fourth-order valence-corrected chi connectivity index (χ4v) is 4.17. The molecule has 0 bridgehead atoms. The maximum atomic E-state index is 12.8. The predicted octanol–water partition coefficient (Wildman–Crippen LogP) is 3.47. The molecule has 0 radical (unpaired) electrons. The highest BCUT2D eigenvalue weighted by Crippen LogP contribution is 2.25. The molecule has 2 aromatic carbocycles. The van der Waals surface area contributed by atoms with Crippen LogP contribution in [0.25, 0.3) is 10.9 Å². The van der Waals surface area contributed by atoms with Gasteiger partial charge in [0.1, 0.15) is 12.4 Å². The largest absolute Gasteiger partial charge is 0.356 e. The van der Waals surface area contributed by atoms with Crippen LogP contribution in [0.15, 0.2) is 57.8 Å². The molecule has 150 valence electrons. The van der Waals surface area contributed by atoms with E-state index in [2.05, 4.69) is 31.1 Å². The van der Waals surface area contributed by atoms with Gasteiger partial charge in [0, 0.05) is 29.5 Å². The Morgan fingerprint density at radius 3 is 2.55 bits per heavy atom. The quantitative estimate of drug-likeness (QED) is 0.640. The van der Waals surface area contributed by atoms with Crippen LogP contribution in [-0.2, 0) is 17.9 Å². The molecule has 1 fully saturated rings. The molecule has 2 heterocycles. The van der Waals surface area contributed by atoms with Gasteiger partial charge in [0.2, 0.25) is 5.91 Å². The van der Waals surface area contributed by atoms with Crippen molar-refractivity contribution < 1.29 is 4.79 Å². The Hall–Kier alpha value is -2.67. The number of para-hydroxylation sites is 1. The number of nitrogens with one attached hydrogen (secondary N) is 1. The Morgan fingerprint density at radius 2 is 1.76 bits per heavy atom. The molecule has 0 atom stereocenters. The van der Waals surface area contributed by atoms with Crippen LogP contribution < -0.4 is 15.9 Å². The van der Waals surface area contributed by atoms with Gasteiger partial charge >= 0.3 is 5.69 Å². The minimum absolute atomic E-state index is 0.0585. The van der Waals surface area contributed by atoms with E-state index in [4.69, 9.17) is 0 Å². The zero-order valence-corrected chi connectivity index (χ0v) is 17.7. The average Bonchev–Trinajstić information content (AvgIpc) is 2.75. The predicted molar refractivity (Wildman–Crippen MR) is 118 cm³/mol. The molecule has 0 saturated carbocycles. The summed E-state index contributed by atoms with van der Waals surface area (Å²) in [5, 5.41) is 3.80. The van der Waals surface area contributed by atoms with Crippen molar-refractivity contribution in [2.45, 2.75) is 32.4 Å². The number of fused-ring (bicyclic) bond motifs is 1. The number of nitrogens with zero attached hydrogens (tertiary/aromatic N) is 3. The third kappa shape index (κ3) is 4.34. The highest BCUT2D eigenvalue weighted by Gasteiger charge is 2.19. The number of hydrogen-bond acceptors (Lipinski definition) is 4. The first-order valence-electron chi connectivity index (χ1n) is 9.88. The van der Waals surface area contributed by atoms with Crippen molar-refractivity contribution in [3.05, 3.63) is 69.1 Å². The number of carbonyl (C=O) groups is 1. The monoisotopic (exact) mass is 454 g/mol. The molecule has 4 rings (SSSR count). The smallest absolute Gasteiger partial charge is 0.350 e. The van der Waals surface area contributed by atoms with Gasteiger partial charge in [0.25, 0.3) is 0 Å². The summed E-state index contributed by atoms with van der Waals surface area (Å²) in [6, 6.07) is 15.4. The average molecular weight is 455 g/mol. The SMILES string of the molecule is O=C(Cn1c(=O)nc(N2CCCCC2)c2ccccc21)NCc1ccccc1Br. The van der Waals surface area contributed by atoms with Crippen LogP contribution in [0.1, 0.15) is 24.8 Å². The molecule has 1 aliphatic heterocycles. The first kappa shape index (κ1) is 19.6. The van der Waals surface area contributed by atoms with Gasteiger partial charge in [-0.25, -0.2) is 4.79 Å². The Bertz CT molecular complexity index is 1090. The molecule has 7 heteroatoms. The standard InChI is InChI=1S/C22H23BrN4O2/c23-18-10-4-2-8-16(18)14-24-20(28)15-27-19-11-5-3-9-17(19)21(25-22(27)29)26-12-6-1-7-13-26/h2-5,8-11H,1,6-7,12-15H2,(H,24,28). The number of anilines is 1. The summed E-state index contributed by atoms with van der Waals surface area (Å²) >= 11 is 3.48. The molecule has 0 spiro atoms. The topological polar surface area (TPSA) is 67.2 Å². The highest BCUT2D eigenvalue weighted by molar-refractivity contribution is 9.10. The number of hydrogen-bond donors (Lipinski definition) is 1. The number of rotatable bonds is 5. The Balaban J connectivity index is 1.59. The molecule has 6 nitrogen and oxygen atoms in total. The van der Waals surface area contributed by atoms with Crippen LogP contribution in [0.3, 0.4) is 0 Å². The van der Waals surface area contributed by atoms with Gasteiger partial charge in [-0.2, -0.15) is 4.98 Å². The van der Waals surface area contributed by atoms with Crippen LogP contribution >= 0.6 is 15.9 Å². The Morgan fingerprint density at radius 1 is 1.03 bits per heavy atom. The maximum Gasteiger partial charge on any atom is 0.350 e. The molecule has 1 aromatic heterocycles. The van der Waals surface area contributed by atoms with E-state index in [1.807, 2.05) is 48.5 Å². The van der Waals surface area contributed by atoms with Crippen LogP contribution in [0.5, 0.6) is 0 Å². The van der Waals surface area contributed by atoms with Crippen molar-refractivity contribution in [3.8, 4) is 0 Å². The summed E-state index contributed by atoms with van der Waals surface area (Å²) in [5.41, 5.74) is 1.33. The molecular formula is C22H23BrN4O2. The van der Waals surface area contributed by atoms with Crippen molar-refractivity contribution in [3.63, 3.8) is 0 Å². The lowest BCUT2D eigenvalue weighted by molar-refractivity contribution is -0.121. The third-order valence-electron chi connectivity index (χ3n) is 5.26. The van der Waals surface area contributed by atoms with E-state index in [9.17, 15) is 9.59 Å². The van der Waals surface area contributed by atoms with E-state index in [1.165, 1.54) is 11.0 Å². The van der Waals surface area contributed by atoms with Gasteiger partial charge in [-0.05, 0) is 43.0 Å². The summed E-state index contributed by atoms with van der Waals surface area (Å²) in [6.07, 6.45) is 3.43. The summed E-state index contributed by atoms with van der Waals surface area (Å²) in [7, 11) is 0. The van der Waals surface area contributed by atoms with E-state index < -0.39 is 0 Å². The van der Waals surface area contributed by atoms with Gasteiger partial charge in [-0.15, -0.1) is 0 Å². The minimum atomic E-state index is -0.389. The highest BCUT2D eigenvalue weighted by atomic mass is 79.9. The zero-order valence-electron chi connectivity index (χ0n) is 16.1. The van der Waals surface area contributed by atoms with Crippen molar-refractivity contribution in [2.24, 2.45) is 0 Å². The van der Waals surface area contributed by atoms with Crippen molar-refractivity contribution in [1.82, 2.24) is 14.9 Å². The van der Waals surface area contributed by atoms with Crippen molar-refractivity contribution in [2.75, 3.05) is 18.0 Å². The summed E-state index contributed by atoms with van der Waals surface area (Å²) in [6.45, 7) is 2.16. The number of halogens is 1. The summed E-state index contributed by atoms with van der Waals surface area (Å²) < 4.78 is 2.40. The lowest BCUT2D eigenvalue weighted by Gasteiger charge is -2.28. The summed E-state index contributed by atoms with van der Waals surface area (Å²) in [5.74, 6) is 0.510. The van der Waals surface area contributed by atoms with E-state index in [-0.39, 0.29) is 18.1 Å². The van der Waals surface area contributed by atoms with Gasteiger partial charge in [-0.3, -0.25) is 9.36 Å². The fourth-order valence-electron chi connectivity index (χ4n) is 3.75. The van der Waals surface area contributed by atoms with Gasteiger partial charge in [0.05, 0.1) is 5.52 Å². The lowest BCUT2D eigenvalue weighted by Crippen LogP contribution is -2.36. The second-order valence-electron chi connectivity index (χ2n) is 7.24. The van der Waals surface area contributed by atoms with Gasteiger partial charge in [0.15, 0.2) is 0 Å². The molecule has 0 aliphatic carbocycles. The molecular weight excluding hydrogens is 432 g/mol. The van der Waals surface area contributed by atoms with Crippen LogP contribution in [0.4, 0.5) is 5.82 Å². The van der Waals surface area contributed by atoms with Crippen LogP contribution in [0, 0.1) is 0 Å². The molecule has 1 saturated heterocycles. The number of benzene rings is 2. The van der Waals surface area contributed by atoms with Crippen molar-refractivity contribution >= 4 is 38.6 Å². The lowest BCUT2D eigenvalue weighted by atomic mass is 10.1. The molecule has 3 aromatic rings. The van der Waals surface area contributed by atoms with Gasteiger partial charge in [-0.1, -0.05) is 46.3 Å². The normalized spacial score (nSPS) is 14.2.